The lowest BCUT2D eigenvalue weighted by Gasteiger charge is -2.21. The average molecular weight is 338 g/mol. The van der Waals surface area contributed by atoms with Crippen molar-refractivity contribution in [3.8, 4) is 0 Å². The first-order chi connectivity index (χ1) is 11.9. The van der Waals surface area contributed by atoms with Crippen molar-refractivity contribution >= 4 is 26.7 Å². The van der Waals surface area contributed by atoms with Crippen molar-refractivity contribution in [2.24, 2.45) is 0 Å². The van der Waals surface area contributed by atoms with Crippen LogP contribution >= 0.6 is 11.3 Å². The predicted octanol–water partition coefficient (Wildman–Crippen LogP) is 3.45. The van der Waals surface area contributed by atoms with Gasteiger partial charge in [0, 0.05) is 44.5 Å². The van der Waals surface area contributed by atoms with Gasteiger partial charge in [0.2, 0.25) is 0 Å². The van der Waals surface area contributed by atoms with Gasteiger partial charge in [-0.2, -0.15) is 0 Å². The number of hydrogen-bond acceptors (Lipinski definition) is 5. The molecule has 0 spiro atoms. The first-order valence-electron chi connectivity index (χ1n) is 8.61. The Bertz CT molecular complexity index is 753. The zero-order valence-corrected chi connectivity index (χ0v) is 14.6. The Balaban J connectivity index is 1.37. The summed E-state index contributed by atoms with van der Waals surface area (Å²) in [5.74, 6) is 0. The molecule has 0 saturated carbocycles. The Morgan fingerprint density at radius 3 is 2.75 bits per heavy atom. The molecule has 4 rings (SSSR count). The van der Waals surface area contributed by atoms with Crippen LogP contribution in [0.3, 0.4) is 0 Å². The highest BCUT2D eigenvalue weighted by atomic mass is 32.1. The predicted molar refractivity (Wildman–Crippen MR) is 101 cm³/mol. The lowest BCUT2D eigenvalue weighted by atomic mass is 10.2. The molecule has 0 amide bonds. The highest BCUT2D eigenvalue weighted by Crippen LogP contribution is 2.29. The minimum Gasteiger partial charge on any atom is -0.347 e. The first kappa shape index (κ1) is 15.5. The number of rotatable bonds is 4. The van der Waals surface area contributed by atoms with Crippen LogP contribution in [0.2, 0.25) is 0 Å². The maximum Gasteiger partial charge on any atom is 0.186 e. The maximum absolute atomic E-state index is 4.81. The van der Waals surface area contributed by atoms with Crippen LogP contribution < -0.4 is 4.90 Å². The summed E-state index contributed by atoms with van der Waals surface area (Å²) < 4.78 is 1.28. The van der Waals surface area contributed by atoms with Crippen LogP contribution in [0.5, 0.6) is 0 Å². The van der Waals surface area contributed by atoms with E-state index in [0.717, 1.165) is 44.7 Å². The topological polar surface area (TPSA) is 32.3 Å². The Kier molecular flexibility index (Phi) is 4.71. The van der Waals surface area contributed by atoms with Crippen molar-refractivity contribution in [2.45, 2.75) is 12.8 Å². The third-order valence-electron chi connectivity index (χ3n) is 4.55. The summed E-state index contributed by atoms with van der Waals surface area (Å²) in [6.07, 6.45) is 4.10. The highest BCUT2D eigenvalue weighted by molar-refractivity contribution is 7.22. The van der Waals surface area contributed by atoms with Crippen LogP contribution in [-0.4, -0.2) is 47.6 Å². The normalized spacial score (nSPS) is 16.4. The van der Waals surface area contributed by atoms with E-state index in [-0.39, 0.29) is 0 Å². The molecular weight excluding hydrogens is 316 g/mol. The SMILES string of the molecule is c1ccc(CCN2CCCN(c3nc4ccccc4s3)CC2)nc1. The van der Waals surface area contributed by atoms with Crippen molar-refractivity contribution in [2.75, 3.05) is 37.6 Å². The molecule has 1 aromatic carbocycles. The number of hydrogen-bond donors (Lipinski definition) is 0. The van der Waals surface area contributed by atoms with Crippen molar-refractivity contribution in [1.29, 1.82) is 0 Å². The Morgan fingerprint density at radius 2 is 1.88 bits per heavy atom. The van der Waals surface area contributed by atoms with E-state index < -0.39 is 0 Å². The highest BCUT2D eigenvalue weighted by Gasteiger charge is 2.17. The fourth-order valence-electron chi connectivity index (χ4n) is 3.20. The molecule has 1 aliphatic rings. The van der Waals surface area contributed by atoms with Crippen LogP contribution in [0.25, 0.3) is 10.2 Å². The summed E-state index contributed by atoms with van der Waals surface area (Å²) in [5, 5.41) is 1.17. The fourth-order valence-corrected chi connectivity index (χ4v) is 4.22. The third kappa shape index (κ3) is 3.57. The van der Waals surface area contributed by atoms with Gasteiger partial charge in [0.05, 0.1) is 10.2 Å². The molecule has 0 radical (unpaired) electrons. The van der Waals surface area contributed by atoms with Crippen molar-refractivity contribution in [3.05, 3.63) is 54.4 Å². The zero-order chi connectivity index (χ0) is 16.2. The molecule has 24 heavy (non-hydrogen) atoms. The molecule has 1 aliphatic heterocycles. The minimum absolute atomic E-state index is 1.03. The monoisotopic (exact) mass is 338 g/mol. The molecule has 5 heteroatoms. The van der Waals surface area contributed by atoms with Crippen LogP contribution in [0, 0.1) is 0 Å². The van der Waals surface area contributed by atoms with Crippen LogP contribution in [-0.2, 0) is 6.42 Å². The molecule has 4 nitrogen and oxygen atoms in total. The van der Waals surface area contributed by atoms with E-state index in [1.165, 1.54) is 21.9 Å². The molecule has 0 atom stereocenters. The van der Waals surface area contributed by atoms with Gasteiger partial charge in [-0.3, -0.25) is 4.98 Å². The standard InChI is InChI=1S/C19H22N4S/c1-2-8-18-17(7-1)21-19(24-18)23-12-5-11-22(14-15-23)13-9-16-6-3-4-10-20-16/h1-4,6-8,10H,5,9,11-15H2. The van der Waals surface area contributed by atoms with Gasteiger partial charge in [-0.05, 0) is 37.2 Å². The van der Waals surface area contributed by atoms with E-state index in [0.29, 0.717) is 0 Å². The summed E-state index contributed by atoms with van der Waals surface area (Å²) in [6, 6.07) is 14.6. The zero-order valence-electron chi connectivity index (χ0n) is 13.8. The van der Waals surface area contributed by atoms with E-state index >= 15 is 0 Å². The van der Waals surface area contributed by atoms with Gasteiger partial charge >= 0.3 is 0 Å². The van der Waals surface area contributed by atoms with E-state index in [1.807, 2.05) is 23.6 Å². The molecule has 1 saturated heterocycles. The van der Waals surface area contributed by atoms with Crippen molar-refractivity contribution in [1.82, 2.24) is 14.9 Å². The molecule has 0 unspecified atom stereocenters. The number of nitrogens with zero attached hydrogens (tertiary/aromatic N) is 4. The smallest absolute Gasteiger partial charge is 0.186 e. The number of benzene rings is 1. The molecule has 124 valence electrons. The Morgan fingerprint density at radius 1 is 0.958 bits per heavy atom. The number of anilines is 1. The minimum atomic E-state index is 1.03. The summed E-state index contributed by atoms with van der Waals surface area (Å²) in [4.78, 5) is 14.2. The Labute approximate surface area is 146 Å². The number of aromatic nitrogens is 2. The summed E-state index contributed by atoms with van der Waals surface area (Å²) in [6.45, 7) is 5.50. The maximum atomic E-state index is 4.81. The lowest BCUT2D eigenvalue weighted by molar-refractivity contribution is 0.296. The average Bonchev–Trinajstić information content (AvgIpc) is 2.92. The molecule has 3 aromatic rings. The van der Waals surface area contributed by atoms with Gasteiger partial charge < -0.3 is 9.80 Å². The van der Waals surface area contributed by atoms with Crippen LogP contribution in [0.4, 0.5) is 5.13 Å². The molecule has 2 aromatic heterocycles. The Hall–Kier alpha value is -1.98. The molecule has 0 bridgehead atoms. The van der Waals surface area contributed by atoms with Gasteiger partial charge in [-0.25, -0.2) is 4.98 Å². The second-order valence-corrected chi connectivity index (χ2v) is 7.23. The largest absolute Gasteiger partial charge is 0.347 e. The quantitative estimate of drug-likeness (QED) is 0.729. The van der Waals surface area contributed by atoms with Crippen molar-refractivity contribution in [3.63, 3.8) is 0 Å². The van der Waals surface area contributed by atoms with E-state index in [4.69, 9.17) is 4.98 Å². The molecule has 3 heterocycles. The van der Waals surface area contributed by atoms with Crippen LogP contribution in [0.15, 0.2) is 48.7 Å². The second kappa shape index (κ2) is 7.28. The van der Waals surface area contributed by atoms with Gasteiger partial charge in [0.1, 0.15) is 0 Å². The lowest BCUT2D eigenvalue weighted by Crippen LogP contribution is -2.32. The fraction of sp³-hybridized carbons (Fsp3) is 0.368. The van der Waals surface area contributed by atoms with Gasteiger partial charge in [-0.1, -0.05) is 29.5 Å². The summed E-state index contributed by atoms with van der Waals surface area (Å²) in [5.41, 5.74) is 2.30. The van der Waals surface area contributed by atoms with E-state index in [1.54, 1.807) is 0 Å². The third-order valence-corrected chi connectivity index (χ3v) is 5.65. The number of para-hydroxylation sites is 1. The second-order valence-electron chi connectivity index (χ2n) is 6.22. The van der Waals surface area contributed by atoms with Crippen molar-refractivity contribution < 1.29 is 0 Å². The van der Waals surface area contributed by atoms with Gasteiger partial charge in [0.25, 0.3) is 0 Å². The summed E-state index contributed by atoms with van der Waals surface area (Å²) in [7, 11) is 0. The molecule has 1 fully saturated rings. The number of fused-ring (bicyclic) bond motifs is 1. The van der Waals surface area contributed by atoms with Gasteiger partial charge in [0.15, 0.2) is 5.13 Å². The number of pyridine rings is 1. The van der Waals surface area contributed by atoms with Gasteiger partial charge in [-0.15, -0.1) is 0 Å². The first-order valence-corrected chi connectivity index (χ1v) is 9.43. The molecular formula is C19H22N4S. The summed E-state index contributed by atoms with van der Waals surface area (Å²) >= 11 is 1.81. The van der Waals surface area contributed by atoms with E-state index in [2.05, 4.69) is 51.2 Å². The van der Waals surface area contributed by atoms with Crippen LogP contribution in [0.1, 0.15) is 12.1 Å². The molecule has 0 aliphatic carbocycles. The molecule has 0 N–H and O–H groups in total. The van der Waals surface area contributed by atoms with E-state index in [9.17, 15) is 0 Å². The number of thiazole rings is 1.